The highest BCUT2D eigenvalue weighted by molar-refractivity contribution is 5.94. The molecule has 0 saturated carbocycles. The first-order valence-electron chi connectivity index (χ1n) is 6.88. The molecule has 2 aromatic heterocycles. The molecule has 0 atom stereocenters. The summed E-state index contributed by atoms with van der Waals surface area (Å²) < 4.78 is 0. The molecule has 0 unspecified atom stereocenters. The van der Waals surface area contributed by atoms with Gasteiger partial charge in [-0.3, -0.25) is 9.89 Å². The quantitative estimate of drug-likeness (QED) is 0.473. The van der Waals surface area contributed by atoms with Crippen molar-refractivity contribution in [3.8, 4) is 0 Å². The van der Waals surface area contributed by atoms with E-state index < -0.39 is 0 Å². The Morgan fingerprint density at radius 3 is 2.86 bits per heavy atom. The van der Waals surface area contributed by atoms with Crippen LogP contribution in [0.2, 0.25) is 0 Å². The highest BCUT2D eigenvalue weighted by Crippen LogP contribution is 2.12. The summed E-state index contributed by atoms with van der Waals surface area (Å²) in [4.78, 5) is 16.6. The Morgan fingerprint density at radius 2 is 2.24 bits per heavy atom. The number of pyridine rings is 1. The van der Waals surface area contributed by atoms with Gasteiger partial charge in [-0.1, -0.05) is 13.3 Å². The average molecular weight is 288 g/mol. The topological polar surface area (TPSA) is 109 Å². The number of hydrogen-bond acceptors (Lipinski definition) is 5. The van der Waals surface area contributed by atoms with Gasteiger partial charge in [-0.2, -0.15) is 5.10 Å². The van der Waals surface area contributed by atoms with Crippen molar-refractivity contribution >= 4 is 11.7 Å². The molecule has 1 amide bonds. The molecule has 0 radical (unpaired) electrons. The number of carbonyl (C=O) groups excluding carboxylic acids is 1. The maximum absolute atomic E-state index is 12.2. The molecule has 21 heavy (non-hydrogen) atoms. The van der Waals surface area contributed by atoms with Gasteiger partial charge in [-0.05, 0) is 25.5 Å². The standard InChI is InChI=1S/C14H20N6O/c1-3-4-12-5-10(6-13(18-12)19-15)14(21)16-7-11-8-17-20-9(11)2/h5-6,8H,3-4,7,15H2,1-2H3,(H,16,21)(H,17,20)(H,18,19). The van der Waals surface area contributed by atoms with E-state index in [2.05, 4.69) is 32.8 Å². The number of hydrazine groups is 1. The SMILES string of the molecule is CCCc1cc(C(=O)NCc2cn[nH]c2C)cc(NN)n1. The highest BCUT2D eigenvalue weighted by atomic mass is 16.1. The van der Waals surface area contributed by atoms with Crippen molar-refractivity contribution in [2.24, 2.45) is 5.84 Å². The molecule has 7 nitrogen and oxygen atoms in total. The zero-order valence-electron chi connectivity index (χ0n) is 12.2. The van der Waals surface area contributed by atoms with Gasteiger partial charge in [-0.15, -0.1) is 0 Å². The Bertz CT molecular complexity index is 622. The summed E-state index contributed by atoms with van der Waals surface area (Å²) in [6.07, 6.45) is 3.46. The number of aromatic amines is 1. The fourth-order valence-electron chi connectivity index (χ4n) is 2.01. The summed E-state index contributed by atoms with van der Waals surface area (Å²) in [5, 5.41) is 9.63. The van der Waals surface area contributed by atoms with E-state index in [4.69, 9.17) is 5.84 Å². The second-order valence-corrected chi connectivity index (χ2v) is 4.83. The summed E-state index contributed by atoms with van der Waals surface area (Å²) in [7, 11) is 0. The molecule has 0 aliphatic rings. The van der Waals surface area contributed by atoms with Crippen LogP contribution in [0.4, 0.5) is 5.82 Å². The molecule has 5 N–H and O–H groups in total. The number of nitrogens with zero attached hydrogens (tertiary/aromatic N) is 2. The van der Waals surface area contributed by atoms with E-state index in [0.717, 1.165) is 29.8 Å². The van der Waals surface area contributed by atoms with E-state index in [1.54, 1.807) is 18.3 Å². The Kier molecular flexibility index (Phi) is 4.89. The van der Waals surface area contributed by atoms with Crippen molar-refractivity contribution in [1.29, 1.82) is 0 Å². The molecular formula is C14H20N6O. The lowest BCUT2D eigenvalue weighted by Gasteiger charge is -2.09. The molecular weight excluding hydrogens is 268 g/mol. The molecule has 112 valence electrons. The zero-order valence-corrected chi connectivity index (χ0v) is 12.2. The minimum absolute atomic E-state index is 0.160. The fraction of sp³-hybridized carbons (Fsp3) is 0.357. The predicted molar refractivity (Wildman–Crippen MR) is 80.5 cm³/mol. The van der Waals surface area contributed by atoms with Crippen LogP contribution in [-0.2, 0) is 13.0 Å². The Morgan fingerprint density at radius 1 is 1.43 bits per heavy atom. The Labute approximate surface area is 123 Å². The van der Waals surface area contributed by atoms with Crippen molar-refractivity contribution in [2.75, 3.05) is 5.43 Å². The van der Waals surface area contributed by atoms with Crippen LogP contribution in [0.15, 0.2) is 18.3 Å². The molecule has 0 aliphatic carbocycles. The third kappa shape index (κ3) is 3.79. The summed E-state index contributed by atoms with van der Waals surface area (Å²) >= 11 is 0. The lowest BCUT2D eigenvalue weighted by molar-refractivity contribution is 0.0950. The first kappa shape index (κ1) is 15.0. The largest absolute Gasteiger partial charge is 0.348 e. The van der Waals surface area contributed by atoms with Crippen LogP contribution in [0, 0.1) is 6.92 Å². The number of carbonyl (C=O) groups is 1. The van der Waals surface area contributed by atoms with Gasteiger partial charge in [0.2, 0.25) is 0 Å². The average Bonchev–Trinajstić information content (AvgIpc) is 2.90. The van der Waals surface area contributed by atoms with Gasteiger partial charge in [-0.25, -0.2) is 10.8 Å². The first-order chi connectivity index (χ1) is 10.1. The van der Waals surface area contributed by atoms with Crippen LogP contribution in [0.5, 0.6) is 0 Å². The van der Waals surface area contributed by atoms with Crippen LogP contribution < -0.4 is 16.6 Å². The number of rotatable bonds is 6. The van der Waals surface area contributed by atoms with Crippen LogP contribution in [0.3, 0.4) is 0 Å². The minimum atomic E-state index is -0.160. The normalized spacial score (nSPS) is 10.4. The lowest BCUT2D eigenvalue weighted by atomic mass is 10.1. The third-order valence-electron chi connectivity index (χ3n) is 3.17. The van der Waals surface area contributed by atoms with Crippen LogP contribution >= 0.6 is 0 Å². The molecule has 7 heteroatoms. The van der Waals surface area contributed by atoms with E-state index in [0.29, 0.717) is 17.9 Å². The number of nitrogens with two attached hydrogens (primary N) is 1. The summed E-state index contributed by atoms with van der Waals surface area (Å²) in [6, 6.07) is 3.43. The predicted octanol–water partition coefficient (Wildman–Crippen LogP) is 1.28. The molecule has 0 aliphatic heterocycles. The summed E-state index contributed by atoms with van der Waals surface area (Å²) in [5.74, 6) is 5.73. The van der Waals surface area contributed by atoms with Crippen molar-refractivity contribution in [2.45, 2.75) is 33.2 Å². The van der Waals surface area contributed by atoms with E-state index in [1.165, 1.54) is 0 Å². The number of hydrogen-bond donors (Lipinski definition) is 4. The lowest BCUT2D eigenvalue weighted by Crippen LogP contribution is -2.23. The van der Waals surface area contributed by atoms with E-state index >= 15 is 0 Å². The number of aryl methyl sites for hydroxylation is 2. The fourth-order valence-corrected chi connectivity index (χ4v) is 2.01. The van der Waals surface area contributed by atoms with Crippen LogP contribution in [0.1, 0.15) is 40.7 Å². The van der Waals surface area contributed by atoms with Gasteiger partial charge in [0.1, 0.15) is 5.82 Å². The number of aromatic nitrogens is 3. The molecule has 0 aromatic carbocycles. The maximum Gasteiger partial charge on any atom is 0.251 e. The van der Waals surface area contributed by atoms with Crippen molar-refractivity contribution in [3.63, 3.8) is 0 Å². The molecule has 0 saturated heterocycles. The van der Waals surface area contributed by atoms with Gasteiger partial charge in [0.05, 0.1) is 6.20 Å². The van der Waals surface area contributed by atoms with Crippen molar-refractivity contribution < 1.29 is 4.79 Å². The first-order valence-corrected chi connectivity index (χ1v) is 6.88. The number of amides is 1. The van der Waals surface area contributed by atoms with Crippen LogP contribution in [-0.4, -0.2) is 21.1 Å². The van der Waals surface area contributed by atoms with Gasteiger partial charge >= 0.3 is 0 Å². The van der Waals surface area contributed by atoms with Crippen molar-refractivity contribution in [3.05, 3.63) is 40.8 Å². The maximum atomic E-state index is 12.2. The molecule has 0 spiro atoms. The number of H-pyrrole nitrogens is 1. The molecule has 2 aromatic rings. The number of anilines is 1. The van der Waals surface area contributed by atoms with Crippen molar-refractivity contribution in [1.82, 2.24) is 20.5 Å². The summed E-state index contributed by atoms with van der Waals surface area (Å²) in [5.41, 5.74) is 5.79. The monoisotopic (exact) mass is 288 g/mol. The van der Waals surface area contributed by atoms with Gasteiger partial charge < -0.3 is 10.7 Å². The molecule has 2 heterocycles. The zero-order chi connectivity index (χ0) is 15.2. The molecule has 2 rings (SSSR count). The molecule has 0 fully saturated rings. The second kappa shape index (κ2) is 6.85. The number of nitrogen functional groups attached to an aromatic ring is 1. The van der Waals surface area contributed by atoms with Gasteiger partial charge in [0.25, 0.3) is 5.91 Å². The minimum Gasteiger partial charge on any atom is -0.348 e. The van der Waals surface area contributed by atoms with E-state index in [9.17, 15) is 4.79 Å². The number of nitrogens with one attached hydrogen (secondary N) is 3. The van der Waals surface area contributed by atoms with E-state index in [1.807, 2.05) is 6.92 Å². The van der Waals surface area contributed by atoms with Gasteiger partial charge in [0, 0.05) is 29.1 Å². The van der Waals surface area contributed by atoms with E-state index in [-0.39, 0.29) is 5.91 Å². The van der Waals surface area contributed by atoms with Gasteiger partial charge in [0.15, 0.2) is 0 Å². The van der Waals surface area contributed by atoms with Crippen LogP contribution in [0.25, 0.3) is 0 Å². The Balaban J connectivity index is 2.10. The smallest absolute Gasteiger partial charge is 0.251 e. The second-order valence-electron chi connectivity index (χ2n) is 4.83. The highest BCUT2D eigenvalue weighted by Gasteiger charge is 2.10. The molecule has 0 bridgehead atoms. The summed E-state index contributed by atoms with van der Waals surface area (Å²) in [6.45, 7) is 4.40. The Hall–Kier alpha value is -2.41. The third-order valence-corrected chi connectivity index (χ3v) is 3.17.